The number of nitrogens with one attached hydrogen (secondary N) is 1. The van der Waals surface area contributed by atoms with Crippen molar-refractivity contribution >= 4 is 33.2 Å². The molecule has 0 fully saturated rings. The van der Waals surface area contributed by atoms with Crippen molar-refractivity contribution < 1.29 is 0 Å². The molecule has 10 aromatic rings. The molecule has 3 nitrogen and oxygen atoms in total. The van der Waals surface area contributed by atoms with E-state index in [-0.39, 0.29) is 11.6 Å². The van der Waals surface area contributed by atoms with Gasteiger partial charge in [-0.05, 0) is 112 Å². The quantitative estimate of drug-likeness (QED) is 0.167. The van der Waals surface area contributed by atoms with Gasteiger partial charge in [-0.1, -0.05) is 206 Å². The molecule has 0 aromatic heterocycles. The van der Waals surface area contributed by atoms with Crippen molar-refractivity contribution in [2.75, 3.05) is 0 Å². The Balaban J connectivity index is 0.867. The zero-order valence-corrected chi connectivity index (χ0v) is 34.3. The van der Waals surface area contributed by atoms with E-state index in [0.717, 1.165) is 33.7 Å². The van der Waals surface area contributed by atoms with Gasteiger partial charge in [0.05, 0.1) is 5.41 Å². The molecular formula is C60H39N3. The Hall–Kier alpha value is -8.14. The minimum Gasteiger partial charge on any atom is -0.344 e. The van der Waals surface area contributed by atoms with Gasteiger partial charge >= 0.3 is 0 Å². The average Bonchev–Trinajstić information content (AvgIpc) is 3.84. The van der Waals surface area contributed by atoms with Crippen LogP contribution in [0.15, 0.2) is 234 Å². The molecule has 1 spiro atoms. The van der Waals surface area contributed by atoms with Crippen molar-refractivity contribution in [1.82, 2.24) is 5.32 Å². The maximum Gasteiger partial charge on any atom is 0.159 e. The Labute approximate surface area is 366 Å². The number of amidine groups is 2. The van der Waals surface area contributed by atoms with E-state index in [9.17, 15) is 0 Å². The standard InChI is InChI=1S/C60H39N3/c1-3-13-38(14-4-1)39-27-31-43(32-28-39)58-61-57(42-15-5-2-6-16-42)62-59(63-58)48-22-10-21-46(36-48)44-19-9-20-45(35-44)47-33-34-52-50(37-47)49-23-7-8-24-51(49)60(52)53-25-11-17-40-29-30-41-18-12-26-54(60)56(41)55(40)53/h1-37,58H,(H,61,62,63). The summed E-state index contributed by atoms with van der Waals surface area (Å²) >= 11 is 0. The third-order valence-electron chi connectivity index (χ3n) is 13.5. The molecule has 10 aromatic carbocycles. The predicted octanol–water partition coefficient (Wildman–Crippen LogP) is 14.2. The predicted molar refractivity (Wildman–Crippen MR) is 260 cm³/mol. The fraction of sp³-hybridized carbons (Fsp3) is 0.0333. The molecule has 1 N–H and O–H groups in total. The Morgan fingerprint density at radius 2 is 0.841 bits per heavy atom. The highest BCUT2D eigenvalue weighted by molar-refractivity contribution is 6.17. The van der Waals surface area contributed by atoms with E-state index in [4.69, 9.17) is 9.98 Å². The second-order valence-electron chi connectivity index (χ2n) is 16.9. The summed E-state index contributed by atoms with van der Waals surface area (Å²) in [5.41, 5.74) is 17.9. The summed E-state index contributed by atoms with van der Waals surface area (Å²) in [5, 5.41) is 9.08. The first-order chi connectivity index (χ1) is 31.2. The first-order valence-corrected chi connectivity index (χ1v) is 21.8. The molecule has 1 aliphatic heterocycles. The molecule has 63 heavy (non-hydrogen) atoms. The van der Waals surface area contributed by atoms with Crippen LogP contribution < -0.4 is 5.32 Å². The van der Waals surface area contributed by atoms with E-state index in [1.54, 1.807) is 0 Å². The van der Waals surface area contributed by atoms with Crippen LogP contribution in [-0.2, 0) is 5.41 Å². The van der Waals surface area contributed by atoms with Crippen LogP contribution in [0.2, 0.25) is 0 Å². The van der Waals surface area contributed by atoms with Crippen LogP contribution in [0.1, 0.15) is 45.1 Å². The lowest BCUT2D eigenvalue weighted by Gasteiger charge is -2.30. The monoisotopic (exact) mass is 801 g/mol. The van der Waals surface area contributed by atoms with Crippen molar-refractivity contribution in [1.29, 1.82) is 0 Å². The average molecular weight is 802 g/mol. The summed E-state index contributed by atoms with van der Waals surface area (Å²) in [7, 11) is 0. The molecule has 1 heterocycles. The molecule has 1 atom stereocenters. The maximum absolute atomic E-state index is 5.14. The van der Waals surface area contributed by atoms with Crippen LogP contribution in [0.5, 0.6) is 0 Å². The Morgan fingerprint density at radius 3 is 1.52 bits per heavy atom. The van der Waals surface area contributed by atoms with Gasteiger partial charge in [-0.2, -0.15) is 0 Å². The third-order valence-corrected chi connectivity index (χ3v) is 13.5. The van der Waals surface area contributed by atoms with E-state index >= 15 is 0 Å². The molecule has 0 bridgehead atoms. The van der Waals surface area contributed by atoms with Crippen LogP contribution in [0.4, 0.5) is 0 Å². The largest absolute Gasteiger partial charge is 0.344 e. The van der Waals surface area contributed by atoms with Gasteiger partial charge in [-0.3, -0.25) is 0 Å². The fourth-order valence-corrected chi connectivity index (χ4v) is 10.7. The van der Waals surface area contributed by atoms with Gasteiger partial charge in [0.15, 0.2) is 5.84 Å². The lowest BCUT2D eigenvalue weighted by atomic mass is 9.70. The van der Waals surface area contributed by atoms with E-state index in [2.05, 4.69) is 206 Å². The third kappa shape index (κ3) is 5.46. The van der Waals surface area contributed by atoms with Gasteiger partial charge in [0, 0.05) is 11.1 Å². The van der Waals surface area contributed by atoms with Gasteiger partial charge in [0.2, 0.25) is 0 Å². The molecule has 2 aliphatic carbocycles. The van der Waals surface area contributed by atoms with Crippen LogP contribution in [0.3, 0.4) is 0 Å². The highest BCUT2D eigenvalue weighted by Crippen LogP contribution is 2.62. The second-order valence-corrected chi connectivity index (χ2v) is 16.9. The van der Waals surface area contributed by atoms with Gasteiger partial charge < -0.3 is 5.32 Å². The Morgan fingerprint density at radius 1 is 0.349 bits per heavy atom. The second kappa shape index (κ2) is 14.0. The number of nitrogens with zero attached hydrogens (tertiary/aromatic N) is 2. The molecule has 3 heteroatoms. The SMILES string of the molecule is c1ccc(C2=NC(c3ccc(-c4ccccc4)cc3)NC(c3cccc(-c4cccc(-c5ccc6c(c5)-c5ccccc5C65c6cccc7ccc8cccc5c8c67)c4)c3)=N2)cc1. The summed E-state index contributed by atoms with van der Waals surface area (Å²) < 4.78 is 0. The zero-order valence-electron chi connectivity index (χ0n) is 34.3. The topological polar surface area (TPSA) is 36.8 Å². The summed E-state index contributed by atoms with van der Waals surface area (Å²) in [5.74, 6) is 1.51. The lowest BCUT2D eigenvalue weighted by molar-refractivity contribution is 0.674. The van der Waals surface area contributed by atoms with Gasteiger partial charge in [0.1, 0.15) is 12.0 Å². The van der Waals surface area contributed by atoms with E-state index in [1.807, 2.05) is 24.3 Å². The van der Waals surface area contributed by atoms with E-state index < -0.39 is 0 Å². The Bertz CT molecular complexity index is 3470. The van der Waals surface area contributed by atoms with Crippen LogP contribution in [0, 0.1) is 0 Å². The van der Waals surface area contributed by atoms with Crippen molar-refractivity contribution in [2.24, 2.45) is 9.98 Å². The highest BCUT2D eigenvalue weighted by atomic mass is 15.2. The molecule has 1 unspecified atom stereocenters. The minimum atomic E-state index is -0.360. The number of hydrogen-bond acceptors (Lipinski definition) is 3. The smallest absolute Gasteiger partial charge is 0.159 e. The van der Waals surface area contributed by atoms with Gasteiger partial charge in [-0.15, -0.1) is 0 Å². The zero-order chi connectivity index (χ0) is 41.5. The van der Waals surface area contributed by atoms with Gasteiger partial charge in [-0.25, -0.2) is 9.98 Å². The molecule has 294 valence electrons. The first kappa shape index (κ1) is 35.6. The summed E-state index contributed by atoms with van der Waals surface area (Å²) in [6, 6.07) is 81.7. The lowest BCUT2D eigenvalue weighted by Crippen LogP contribution is -2.33. The van der Waals surface area contributed by atoms with Crippen LogP contribution >= 0.6 is 0 Å². The normalized spacial score (nSPS) is 15.3. The fourth-order valence-electron chi connectivity index (χ4n) is 10.7. The number of fused-ring (bicyclic) bond motifs is 7. The first-order valence-electron chi connectivity index (χ1n) is 21.8. The summed E-state index contributed by atoms with van der Waals surface area (Å²) in [4.78, 5) is 10.3. The molecule has 0 radical (unpaired) electrons. The van der Waals surface area contributed by atoms with Crippen molar-refractivity contribution in [3.05, 3.63) is 263 Å². The number of benzene rings is 10. The Kier molecular flexibility index (Phi) is 7.88. The van der Waals surface area contributed by atoms with Crippen molar-refractivity contribution in [3.63, 3.8) is 0 Å². The summed E-state index contributed by atoms with van der Waals surface area (Å²) in [6.45, 7) is 0. The summed E-state index contributed by atoms with van der Waals surface area (Å²) in [6.07, 6.45) is -0.298. The molecule has 3 aliphatic rings. The number of hydrogen-bond donors (Lipinski definition) is 1. The van der Waals surface area contributed by atoms with Gasteiger partial charge in [0.25, 0.3) is 0 Å². The minimum absolute atomic E-state index is 0.298. The molecule has 0 amide bonds. The number of aliphatic imine (C=N–C) groups is 2. The molecule has 0 saturated carbocycles. The molecule has 13 rings (SSSR count). The van der Waals surface area contributed by atoms with Crippen molar-refractivity contribution in [2.45, 2.75) is 11.6 Å². The van der Waals surface area contributed by atoms with E-state index in [0.29, 0.717) is 5.84 Å². The van der Waals surface area contributed by atoms with Crippen LogP contribution in [-0.4, -0.2) is 11.7 Å². The maximum atomic E-state index is 5.14. The molecular weight excluding hydrogens is 763 g/mol. The number of rotatable bonds is 6. The van der Waals surface area contributed by atoms with Crippen LogP contribution in [0.25, 0.3) is 66.1 Å². The highest BCUT2D eigenvalue weighted by Gasteiger charge is 2.50. The van der Waals surface area contributed by atoms with Crippen molar-refractivity contribution in [3.8, 4) is 44.5 Å². The molecule has 0 saturated heterocycles. The van der Waals surface area contributed by atoms with E-state index in [1.165, 1.54) is 77.2 Å².